The van der Waals surface area contributed by atoms with Crippen LogP contribution in [0.25, 0.3) is 6.08 Å². The van der Waals surface area contributed by atoms with Gasteiger partial charge in [-0.1, -0.05) is 52.3 Å². The summed E-state index contributed by atoms with van der Waals surface area (Å²) in [5, 5.41) is 8.09. The van der Waals surface area contributed by atoms with Crippen molar-refractivity contribution in [2.75, 3.05) is 24.9 Å². The Balaban J connectivity index is 1.54. The maximum absolute atomic E-state index is 13.6. The highest BCUT2D eigenvalue weighted by Crippen LogP contribution is 2.32. The summed E-state index contributed by atoms with van der Waals surface area (Å²) < 4.78 is 11.8. The van der Waals surface area contributed by atoms with Gasteiger partial charge in [0.25, 0.3) is 11.8 Å². The number of thioether (sulfide) groups is 1. The van der Waals surface area contributed by atoms with Crippen molar-refractivity contribution in [3.8, 4) is 11.5 Å². The largest absolute Gasteiger partial charge is 0.493 e. The third kappa shape index (κ3) is 8.73. The molecule has 0 aliphatic heterocycles. The molecule has 0 radical (unpaired) electrons. The molecule has 1 atom stereocenters. The number of carbonyl (C=O) groups excluding carboxylic acids is 3. The second kappa shape index (κ2) is 15.1. The van der Waals surface area contributed by atoms with Crippen molar-refractivity contribution in [2.24, 2.45) is 0 Å². The minimum absolute atomic E-state index is 0.000654. The molecule has 0 saturated heterocycles. The van der Waals surface area contributed by atoms with Crippen LogP contribution in [0.1, 0.15) is 22.8 Å². The summed E-state index contributed by atoms with van der Waals surface area (Å²) in [6, 6.07) is 28.4. The third-order valence-corrected chi connectivity index (χ3v) is 7.77. The lowest BCUT2D eigenvalue weighted by Gasteiger charge is -2.15. The molecule has 1 unspecified atom stereocenters. The van der Waals surface area contributed by atoms with Gasteiger partial charge in [0.15, 0.2) is 11.5 Å². The molecule has 3 amide bonds. The third-order valence-electron chi connectivity index (χ3n) is 6.15. The molecule has 0 aliphatic rings. The van der Waals surface area contributed by atoms with E-state index >= 15 is 0 Å². The molecule has 3 N–H and O–H groups in total. The van der Waals surface area contributed by atoms with Crippen LogP contribution in [-0.4, -0.2) is 37.2 Å². The molecule has 4 aromatic rings. The van der Waals surface area contributed by atoms with Crippen molar-refractivity contribution in [3.05, 3.63) is 118 Å². The van der Waals surface area contributed by atoms with E-state index in [1.54, 1.807) is 66.7 Å². The van der Waals surface area contributed by atoms with Crippen LogP contribution >= 0.6 is 27.7 Å². The van der Waals surface area contributed by atoms with Crippen LogP contribution in [-0.2, 0) is 9.59 Å². The molecular formula is C33H30BrN3O5S. The first-order valence-corrected chi connectivity index (χ1v) is 14.9. The highest BCUT2D eigenvalue weighted by Gasteiger charge is 2.19. The molecule has 0 heterocycles. The Bertz CT molecular complexity index is 1630. The monoisotopic (exact) mass is 659 g/mol. The number of amides is 3. The molecule has 10 heteroatoms. The van der Waals surface area contributed by atoms with E-state index in [1.807, 2.05) is 37.3 Å². The van der Waals surface area contributed by atoms with Gasteiger partial charge < -0.3 is 25.4 Å². The maximum atomic E-state index is 13.6. The molecule has 0 fully saturated rings. The average Bonchev–Trinajstić information content (AvgIpc) is 3.02. The number of nitrogens with one attached hydrogen (secondary N) is 3. The summed E-state index contributed by atoms with van der Waals surface area (Å²) in [6.07, 6.45) is 1.53. The van der Waals surface area contributed by atoms with Gasteiger partial charge in [0.2, 0.25) is 5.91 Å². The number of para-hydroxylation sites is 1. The molecule has 43 heavy (non-hydrogen) atoms. The minimum Gasteiger partial charge on any atom is -0.493 e. The van der Waals surface area contributed by atoms with Crippen LogP contribution in [0.4, 0.5) is 11.4 Å². The SMILES string of the molecule is COc1cccc(/C=C(/NC(=O)c2ccccc2)C(=O)Nc2cccc(SC(C)C(=O)Nc3ccc(Br)cc3)c2)c1OC. The normalized spacial score (nSPS) is 11.7. The van der Waals surface area contributed by atoms with E-state index < -0.39 is 17.1 Å². The van der Waals surface area contributed by atoms with E-state index in [2.05, 4.69) is 31.9 Å². The molecule has 8 nitrogen and oxygen atoms in total. The number of hydrogen-bond donors (Lipinski definition) is 3. The van der Waals surface area contributed by atoms with E-state index in [0.717, 1.165) is 9.37 Å². The van der Waals surface area contributed by atoms with E-state index in [0.29, 0.717) is 34.0 Å². The quantitative estimate of drug-likeness (QED) is 0.118. The Hall–Kier alpha value is -4.54. The summed E-state index contributed by atoms with van der Waals surface area (Å²) in [6.45, 7) is 1.81. The Labute approximate surface area is 263 Å². The van der Waals surface area contributed by atoms with Gasteiger partial charge in [-0.15, -0.1) is 11.8 Å². The van der Waals surface area contributed by atoms with Gasteiger partial charge in [-0.25, -0.2) is 0 Å². The summed E-state index contributed by atoms with van der Waals surface area (Å²) in [5.41, 5.74) is 2.13. The van der Waals surface area contributed by atoms with Gasteiger partial charge in [0.1, 0.15) is 5.70 Å². The van der Waals surface area contributed by atoms with E-state index in [1.165, 1.54) is 32.1 Å². The average molecular weight is 661 g/mol. The molecule has 0 spiro atoms. The van der Waals surface area contributed by atoms with Crippen LogP contribution in [0.15, 0.2) is 112 Å². The molecule has 220 valence electrons. The molecule has 4 rings (SSSR count). The molecule has 0 saturated carbocycles. The van der Waals surface area contributed by atoms with Crippen LogP contribution in [0, 0.1) is 0 Å². The highest BCUT2D eigenvalue weighted by atomic mass is 79.9. The zero-order valence-electron chi connectivity index (χ0n) is 23.7. The standard InChI is InChI=1S/C33H30BrN3O5S/c1-21(31(38)35-25-17-15-24(34)16-18-25)43-27-13-8-12-26(20-27)36-33(40)28(37-32(39)22-9-5-4-6-10-22)19-23-11-7-14-29(41-2)30(23)42-3/h4-21H,1-3H3,(H,35,38)(H,36,40)(H,37,39)/b28-19+. The highest BCUT2D eigenvalue weighted by molar-refractivity contribution is 9.10. The van der Waals surface area contributed by atoms with Gasteiger partial charge in [0, 0.05) is 31.9 Å². The predicted octanol–water partition coefficient (Wildman–Crippen LogP) is 7.00. The molecule has 0 aromatic heterocycles. The van der Waals surface area contributed by atoms with E-state index in [4.69, 9.17) is 9.47 Å². The first-order valence-electron chi connectivity index (χ1n) is 13.2. The van der Waals surface area contributed by atoms with Gasteiger partial charge in [0.05, 0.1) is 19.5 Å². The van der Waals surface area contributed by atoms with Crippen molar-refractivity contribution in [1.29, 1.82) is 0 Å². The molecular weight excluding hydrogens is 630 g/mol. The Morgan fingerprint density at radius 3 is 2.23 bits per heavy atom. The van der Waals surface area contributed by atoms with Crippen LogP contribution in [0.3, 0.4) is 0 Å². The number of ether oxygens (including phenoxy) is 2. The molecule has 4 aromatic carbocycles. The Morgan fingerprint density at radius 2 is 1.53 bits per heavy atom. The lowest BCUT2D eigenvalue weighted by atomic mass is 10.1. The number of rotatable bonds is 11. The summed E-state index contributed by atoms with van der Waals surface area (Å²) in [5.74, 6) is -0.245. The fourth-order valence-electron chi connectivity index (χ4n) is 4.00. The van der Waals surface area contributed by atoms with Crippen LogP contribution in [0.5, 0.6) is 11.5 Å². The number of methoxy groups -OCH3 is 2. The second-order valence-corrected chi connectivity index (χ2v) is 11.5. The first-order chi connectivity index (χ1) is 20.8. The lowest BCUT2D eigenvalue weighted by molar-refractivity contribution is -0.115. The van der Waals surface area contributed by atoms with Crippen molar-refractivity contribution < 1.29 is 23.9 Å². The predicted molar refractivity (Wildman–Crippen MR) is 175 cm³/mol. The van der Waals surface area contributed by atoms with Gasteiger partial charge in [-0.3, -0.25) is 14.4 Å². The Morgan fingerprint density at radius 1 is 0.814 bits per heavy atom. The second-order valence-electron chi connectivity index (χ2n) is 9.20. The number of hydrogen-bond acceptors (Lipinski definition) is 6. The van der Waals surface area contributed by atoms with Gasteiger partial charge in [-0.2, -0.15) is 0 Å². The number of halogens is 1. The van der Waals surface area contributed by atoms with Crippen molar-refractivity contribution in [3.63, 3.8) is 0 Å². The summed E-state index contributed by atoms with van der Waals surface area (Å²) in [4.78, 5) is 40.1. The van der Waals surface area contributed by atoms with Crippen LogP contribution in [0.2, 0.25) is 0 Å². The van der Waals surface area contributed by atoms with Crippen molar-refractivity contribution >= 4 is 62.9 Å². The smallest absolute Gasteiger partial charge is 0.272 e. The number of benzene rings is 4. The molecule has 0 aliphatic carbocycles. The lowest BCUT2D eigenvalue weighted by Crippen LogP contribution is -2.30. The maximum Gasteiger partial charge on any atom is 0.272 e. The number of carbonyl (C=O) groups is 3. The summed E-state index contributed by atoms with van der Waals surface area (Å²) in [7, 11) is 3.02. The Kier molecular flexibility index (Phi) is 11.0. The number of anilines is 2. The van der Waals surface area contributed by atoms with E-state index in [9.17, 15) is 14.4 Å². The molecule has 0 bridgehead atoms. The first kappa shape index (κ1) is 31.4. The fraction of sp³-hybridized carbons (Fsp3) is 0.121. The van der Waals surface area contributed by atoms with Crippen molar-refractivity contribution in [1.82, 2.24) is 5.32 Å². The van der Waals surface area contributed by atoms with Gasteiger partial charge in [-0.05, 0) is 73.7 Å². The zero-order chi connectivity index (χ0) is 30.8. The van der Waals surface area contributed by atoms with Crippen LogP contribution < -0.4 is 25.4 Å². The van der Waals surface area contributed by atoms with Crippen molar-refractivity contribution in [2.45, 2.75) is 17.1 Å². The summed E-state index contributed by atoms with van der Waals surface area (Å²) >= 11 is 4.74. The minimum atomic E-state index is -0.544. The topological polar surface area (TPSA) is 106 Å². The zero-order valence-corrected chi connectivity index (χ0v) is 26.1. The van der Waals surface area contributed by atoms with E-state index in [-0.39, 0.29) is 11.6 Å². The van der Waals surface area contributed by atoms with Gasteiger partial charge >= 0.3 is 0 Å². The fourth-order valence-corrected chi connectivity index (χ4v) is 5.19.